The summed E-state index contributed by atoms with van der Waals surface area (Å²) in [5.41, 5.74) is 16.9. The molecule has 348 valence electrons. The topological polar surface area (TPSA) is 190 Å². The maximum atomic E-state index is 15.8. The lowest BCUT2D eigenvalue weighted by molar-refractivity contribution is -0.151. The van der Waals surface area contributed by atoms with Crippen LogP contribution in [-0.2, 0) is 39.4 Å². The zero-order valence-corrected chi connectivity index (χ0v) is 39.6. The highest BCUT2D eigenvalue weighted by Crippen LogP contribution is 2.60. The summed E-state index contributed by atoms with van der Waals surface area (Å²) in [7, 11) is -1.06. The summed E-state index contributed by atoms with van der Waals surface area (Å²) in [5, 5.41) is 17.7. The molecule has 0 saturated carbocycles. The number of ether oxygens (including phenoxy) is 2. The van der Waals surface area contributed by atoms with Crippen molar-refractivity contribution in [3.05, 3.63) is 173 Å². The number of hydrogen-bond donors (Lipinski definition) is 5. The highest BCUT2D eigenvalue weighted by molar-refractivity contribution is 6.91. The van der Waals surface area contributed by atoms with Crippen molar-refractivity contribution in [2.24, 2.45) is 5.92 Å². The molecule has 68 heavy (non-hydrogen) atoms. The van der Waals surface area contributed by atoms with Gasteiger partial charge >= 0.3 is 0 Å². The van der Waals surface area contributed by atoms with Crippen LogP contribution in [0.3, 0.4) is 0 Å². The quantitative estimate of drug-likeness (QED) is 0.0613. The lowest BCUT2D eigenvalue weighted by atomic mass is 9.82. The van der Waals surface area contributed by atoms with E-state index < -0.39 is 31.7 Å². The van der Waals surface area contributed by atoms with E-state index in [1.807, 2.05) is 66.7 Å². The standard InChI is InChI=1S/C54H56N6O7Si/c1-33-50(68(3,4)45-23-21-44(66-2)22-24-45)48(29-49(62)59-31-38-10-6-5-9-37(38)27-43(59)32-61)67-54(33)46-28-42(58-52(64)36-14-18-40(56)19-15-36)20-25-47(46)60(53(54)65)30-34-8-7-11-41(26-34)57-51(63)35-12-16-39(55)17-13-35/h5-26,28,33,43,48,50,61H,27,29-32,55-56H2,1-4H3,(H,57,63)(H,58,64)/t33-,43+,48+,50-,54+/m1/s1. The number of amides is 4. The third-order valence-corrected chi connectivity index (χ3v) is 18.6. The fraction of sp³-hybridized carbons (Fsp3) is 0.259. The molecule has 1 fully saturated rings. The maximum Gasteiger partial charge on any atom is 0.264 e. The summed E-state index contributed by atoms with van der Waals surface area (Å²) in [5.74, 6) is -0.866. The monoisotopic (exact) mass is 928 g/mol. The van der Waals surface area contributed by atoms with Crippen LogP contribution in [0.2, 0.25) is 18.6 Å². The predicted molar refractivity (Wildman–Crippen MR) is 267 cm³/mol. The van der Waals surface area contributed by atoms with Crippen LogP contribution < -0.4 is 36.9 Å². The minimum absolute atomic E-state index is 0.0199. The van der Waals surface area contributed by atoms with Crippen molar-refractivity contribution in [3.63, 3.8) is 0 Å². The SMILES string of the molecule is COc1ccc([Si](C)(C)[C@H]2[C@H](CC(=O)N3Cc4ccccc4C[C@H]3CO)O[C@@]3(C(=O)N(Cc4cccc(NC(=O)c5ccc(N)cc5)c4)c4ccc(NC(=O)c5ccc(N)cc5)cc43)[C@@H]2C)cc1. The summed E-state index contributed by atoms with van der Waals surface area (Å²) in [6.45, 7) is 6.86. The lowest BCUT2D eigenvalue weighted by Gasteiger charge is -2.39. The molecule has 7 N–H and O–H groups in total. The van der Waals surface area contributed by atoms with Crippen molar-refractivity contribution in [3.8, 4) is 5.75 Å². The number of rotatable bonds is 12. The number of nitrogens with zero attached hydrogens (tertiary/aromatic N) is 2. The first-order valence-electron chi connectivity index (χ1n) is 22.9. The Morgan fingerprint density at radius 1 is 0.794 bits per heavy atom. The van der Waals surface area contributed by atoms with E-state index in [-0.39, 0.29) is 48.7 Å². The third kappa shape index (κ3) is 8.50. The Morgan fingerprint density at radius 3 is 2.03 bits per heavy atom. The maximum absolute atomic E-state index is 15.8. The van der Waals surface area contributed by atoms with Crippen molar-refractivity contribution < 1.29 is 33.8 Å². The molecule has 3 aliphatic rings. The lowest BCUT2D eigenvalue weighted by Crippen LogP contribution is -2.52. The minimum atomic E-state index is -2.69. The van der Waals surface area contributed by atoms with Gasteiger partial charge < -0.3 is 46.5 Å². The Hall–Kier alpha value is -7.26. The number of aliphatic hydroxyl groups is 1. The first-order chi connectivity index (χ1) is 32.7. The van der Waals surface area contributed by atoms with E-state index in [1.165, 1.54) is 0 Å². The van der Waals surface area contributed by atoms with Gasteiger partial charge in [0.2, 0.25) is 5.91 Å². The Kier molecular flexibility index (Phi) is 12.4. The van der Waals surface area contributed by atoms with Crippen LogP contribution in [0.25, 0.3) is 0 Å². The molecule has 1 spiro atoms. The molecule has 3 heterocycles. The normalized spacial score (nSPS) is 20.8. The van der Waals surface area contributed by atoms with E-state index in [1.54, 1.807) is 77.6 Å². The van der Waals surface area contributed by atoms with E-state index in [4.69, 9.17) is 20.9 Å². The van der Waals surface area contributed by atoms with Gasteiger partial charge in [-0.1, -0.05) is 73.7 Å². The molecule has 6 aromatic carbocycles. The number of carbonyl (C=O) groups is 4. The zero-order chi connectivity index (χ0) is 47.9. The van der Waals surface area contributed by atoms with Crippen LogP contribution >= 0.6 is 0 Å². The fourth-order valence-corrected chi connectivity index (χ4v) is 14.7. The van der Waals surface area contributed by atoms with Crippen molar-refractivity contribution in [1.82, 2.24) is 4.90 Å². The molecule has 0 aromatic heterocycles. The van der Waals surface area contributed by atoms with Gasteiger partial charge in [0.15, 0.2) is 5.60 Å². The van der Waals surface area contributed by atoms with Gasteiger partial charge in [0.05, 0.1) is 52.6 Å². The number of nitrogen functional groups attached to an aromatic ring is 2. The molecule has 0 aliphatic carbocycles. The van der Waals surface area contributed by atoms with Gasteiger partial charge in [0, 0.05) is 51.9 Å². The van der Waals surface area contributed by atoms with Crippen LogP contribution in [0.4, 0.5) is 28.4 Å². The Bertz CT molecular complexity index is 2890. The molecule has 4 amide bonds. The van der Waals surface area contributed by atoms with Gasteiger partial charge in [-0.15, -0.1) is 0 Å². The van der Waals surface area contributed by atoms with E-state index in [0.717, 1.165) is 27.6 Å². The molecule has 5 atom stereocenters. The van der Waals surface area contributed by atoms with Crippen molar-refractivity contribution in [1.29, 1.82) is 0 Å². The molecule has 9 rings (SSSR count). The van der Waals surface area contributed by atoms with E-state index >= 15 is 4.79 Å². The molecule has 6 aromatic rings. The smallest absolute Gasteiger partial charge is 0.264 e. The predicted octanol–water partition coefficient (Wildman–Crippen LogP) is 7.46. The van der Waals surface area contributed by atoms with E-state index in [2.05, 4.69) is 42.8 Å². The second kappa shape index (κ2) is 18.4. The second-order valence-electron chi connectivity index (χ2n) is 18.7. The van der Waals surface area contributed by atoms with E-state index in [0.29, 0.717) is 58.1 Å². The number of benzene rings is 6. The summed E-state index contributed by atoms with van der Waals surface area (Å²) in [6, 6.07) is 41.7. The summed E-state index contributed by atoms with van der Waals surface area (Å²) in [6.07, 6.45) is -0.208. The number of anilines is 5. The average molecular weight is 929 g/mol. The molecule has 0 radical (unpaired) electrons. The third-order valence-electron chi connectivity index (χ3n) is 14.2. The molecule has 1 saturated heterocycles. The number of aliphatic hydroxyl groups excluding tert-OH is 1. The summed E-state index contributed by atoms with van der Waals surface area (Å²) in [4.78, 5) is 61.1. The van der Waals surface area contributed by atoms with Crippen molar-refractivity contribution in [2.75, 3.05) is 40.7 Å². The van der Waals surface area contributed by atoms with E-state index in [9.17, 15) is 19.5 Å². The molecule has 0 unspecified atom stereocenters. The molecule has 3 aliphatic heterocycles. The zero-order valence-electron chi connectivity index (χ0n) is 38.6. The molecule has 13 nitrogen and oxygen atoms in total. The van der Waals surface area contributed by atoms with Crippen molar-refractivity contribution >= 4 is 65.3 Å². The first-order valence-corrected chi connectivity index (χ1v) is 26.0. The average Bonchev–Trinajstić information content (AvgIpc) is 3.76. The molecule has 14 heteroatoms. The number of nitrogens with two attached hydrogens (primary N) is 2. The van der Waals surface area contributed by atoms with Gasteiger partial charge in [0.25, 0.3) is 17.7 Å². The van der Waals surface area contributed by atoms with Crippen LogP contribution in [0.5, 0.6) is 5.75 Å². The largest absolute Gasteiger partial charge is 0.497 e. The Balaban J connectivity index is 1.11. The highest BCUT2D eigenvalue weighted by atomic mass is 28.3. The van der Waals surface area contributed by atoms with Crippen LogP contribution in [-0.4, -0.2) is 67.6 Å². The number of hydrogen-bond acceptors (Lipinski definition) is 9. The van der Waals surface area contributed by atoms with Gasteiger partial charge in [-0.05, 0) is 120 Å². The molecule has 0 bridgehead atoms. The Labute approximate surface area is 397 Å². The Morgan fingerprint density at radius 2 is 1.41 bits per heavy atom. The first kappa shape index (κ1) is 45.9. The van der Waals surface area contributed by atoms with Gasteiger partial charge in [-0.3, -0.25) is 19.2 Å². The number of nitrogens with one attached hydrogen (secondary N) is 2. The van der Waals surface area contributed by atoms with Crippen LogP contribution in [0.15, 0.2) is 140 Å². The minimum Gasteiger partial charge on any atom is -0.497 e. The highest BCUT2D eigenvalue weighted by Gasteiger charge is 2.66. The van der Waals surface area contributed by atoms with Gasteiger partial charge in [-0.2, -0.15) is 0 Å². The molecular weight excluding hydrogens is 873 g/mol. The number of methoxy groups -OCH3 is 1. The summed E-state index contributed by atoms with van der Waals surface area (Å²) < 4.78 is 12.9. The fourth-order valence-electron chi connectivity index (χ4n) is 10.7. The van der Waals surface area contributed by atoms with Crippen molar-refractivity contribution in [2.45, 2.75) is 69.2 Å². The summed E-state index contributed by atoms with van der Waals surface area (Å²) >= 11 is 0. The van der Waals surface area contributed by atoms with Gasteiger partial charge in [-0.25, -0.2) is 0 Å². The number of fused-ring (bicyclic) bond motifs is 3. The second-order valence-corrected chi connectivity index (χ2v) is 23.4. The van der Waals surface area contributed by atoms with Gasteiger partial charge in [0.1, 0.15) is 5.75 Å². The van der Waals surface area contributed by atoms with Crippen LogP contribution in [0, 0.1) is 5.92 Å². The molecular formula is C54H56N6O7Si. The van der Waals surface area contributed by atoms with Crippen LogP contribution in [0.1, 0.15) is 56.3 Å². The number of carbonyl (C=O) groups excluding carboxylic acids is 4.